The van der Waals surface area contributed by atoms with Crippen LogP contribution in [-0.2, 0) is 4.79 Å². The van der Waals surface area contributed by atoms with Gasteiger partial charge in [0.2, 0.25) is 0 Å². The molecule has 0 heterocycles. The summed E-state index contributed by atoms with van der Waals surface area (Å²) in [5.74, 6) is 0.0577. The maximum Gasteiger partial charge on any atom is 0.277 e. The van der Waals surface area contributed by atoms with Gasteiger partial charge in [-0.05, 0) is 25.1 Å². The predicted molar refractivity (Wildman–Crippen MR) is 82.7 cm³/mol. The van der Waals surface area contributed by atoms with Crippen LogP contribution >= 0.6 is 23.2 Å². The minimum Gasteiger partial charge on any atom is -0.482 e. The first-order valence-corrected chi connectivity index (χ1v) is 6.87. The molecular formula is C14H18Cl2N2O2. The summed E-state index contributed by atoms with van der Waals surface area (Å²) in [5, 5.41) is 4.90. The fourth-order valence-electron chi connectivity index (χ4n) is 1.08. The summed E-state index contributed by atoms with van der Waals surface area (Å²) in [6.07, 6.45) is 0. The summed E-state index contributed by atoms with van der Waals surface area (Å²) in [7, 11) is 0. The van der Waals surface area contributed by atoms with Crippen LogP contribution < -0.4 is 10.2 Å². The van der Waals surface area contributed by atoms with Crippen molar-refractivity contribution in [3.8, 4) is 5.75 Å². The smallest absolute Gasteiger partial charge is 0.277 e. The second kappa shape index (κ2) is 6.95. The maximum atomic E-state index is 11.6. The van der Waals surface area contributed by atoms with Gasteiger partial charge < -0.3 is 4.74 Å². The van der Waals surface area contributed by atoms with Crippen molar-refractivity contribution in [1.29, 1.82) is 0 Å². The lowest BCUT2D eigenvalue weighted by atomic mass is 9.91. The summed E-state index contributed by atoms with van der Waals surface area (Å²) in [5.41, 5.74) is 3.18. The Balaban J connectivity index is 2.52. The molecule has 1 N–H and O–H groups in total. The number of nitrogens with one attached hydrogen (secondary N) is 1. The van der Waals surface area contributed by atoms with E-state index in [1.165, 1.54) is 0 Å². The Morgan fingerprint density at radius 1 is 1.35 bits per heavy atom. The van der Waals surface area contributed by atoms with Gasteiger partial charge in [-0.15, -0.1) is 0 Å². The van der Waals surface area contributed by atoms with Gasteiger partial charge in [0.1, 0.15) is 5.75 Å². The van der Waals surface area contributed by atoms with Gasteiger partial charge in [0.25, 0.3) is 5.91 Å². The molecule has 6 heteroatoms. The van der Waals surface area contributed by atoms with E-state index in [0.717, 1.165) is 5.71 Å². The number of hydrogen-bond donors (Lipinski definition) is 1. The standard InChI is InChI=1S/C14H18Cl2N2O2/c1-9(14(2,3)4)17-18-13(19)8-20-12-6-5-10(15)7-11(12)16/h5-7H,8H2,1-4H3,(H,18,19)/b17-9-. The van der Waals surface area contributed by atoms with E-state index in [9.17, 15) is 4.79 Å². The summed E-state index contributed by atoms with van der Waals surface area (Å²) in [4.78, 5) is 11.6. The molecule has 4 nitrogen and oxygen atoms in total. The second-order valence-electron chi connectivity index (χ2n) is 5.35. The van der Waals surface area contributed by atoms with E-state index in [4.69, 9.17) is 27.9 Å². The van der Waals surface area contributed by atoms with E-state index < -0.39 is 0 Å². The zero-order chi connectivity index (χ0) is 15.3. The fourth-order valence-corrected chi connectivity index (χ4v) is 1.54. The molecule has 1 amide bonds. The molecule has 0 aliphatic rings. The Kier molecular flexibility index (Phi) is 5.84. The van der Waals surface area contributed by atoms with Crippen molar-refractivity contribution >= 4 is 34.8 Å². The number of benzene rings is 1. The molecule has 0 atom stereocenters. The van der Waals surface area contributed by atoms with Crippen molar-refractivity contribution < 1.29 is 9.53 Å². The van der Waals surface area contributed by atoms with Crippen LogP contribution in [0.25, 0.3) is 0 Å². The highest BCUT2D eigenvalue weighted by Crippen LogP contribution is 2.27. The average Bonchev–Trinajstić information content (AvgIpc) is 2.33. The molecule has 0 unspecified atom stereocenters. The Labute approximate surface area is 129 Å². The summed E-state index contributed by atoms with van der Waals surface area (Å²) in [6.45, 7) is 7.74. The van der Waals surface area contributed by atoms with Crippen molar-refractivity contribution in [2.24, 2.45) is 10.5 Å². The van der Waals surface area contributed by atoms with Crippen LogP contribution in [0.5, 0.6) is 5.75 Å². The molecule has 110 valence electrons. The zero-order valence-electron chi connectivity index (χ0n) is 12.0. The first-order valence-electron chi connectivity index (χ1n) is 6.11. The van der Waals surface area contributed by atoms with E-state index in [2.05, 4.69) is 10.5 Å². The minimum atomic E-state index is -0.348. The first kappa shape index (κ1) is 16.8. The van der Waals surface area contributed by atoms with Gasteiger partial charge >= 0.3 is 0 Å². The number of ether oxygens (including phenoxy) is 1. The highest BCUT2D eigenvalue weighted by molar-refractivity contribution is 6.35. The molecule has 0 aliphatic carbocycles. The van der Waals surface area contributed by atoms with Crippen LogP contribution in [0.1, 0.15) is 27.7 Å². The molecular weight excluding hydrogens is 299 g/mol. The number of carbonyl (C=O) groups is 1. The Hall–Kier alpha value is -1.26. The van der Waals surface area contributed by atoms with Gasteiger partial charge in [0.05, 0.1) is 5.02 Å². The number of nitrogens with zero attached hydrogens (tertiary/aromatic N) is 1. The summed E-state index contributed by atoms with van der Waals surface area (Å²) >= 11 is 11.7. The lowest BCUT2D eigenvalue weighted by Crippen LogP contribution is -2.28. The van der Waals surface area contributed by atoms with Crippen LogP contribution in [0.2, 0.25) is 10.0 Å². The van der Waals surface area contributed by atoms with E-state index >= 15 is 0 Å². The highest BCUT2D eigenvalue weighted by atomic mass is 35.5. The zero-order valence-corrected chi connectivity index (χ0v) is 13.5. The minimum absolute atomic E-state index is 0.0897. The Morgan fingerprint density at radius 2 is 2.00 bits per heavy atom. The highest BCUT2D eigenvalue weighted by Gasteiger charge is 2.14. The van der Waals surface area contributed by atoms with E-state index in [1.54, 1.807) is 18.2 Å². The molecule has 0 saturated carbocycles. The third-order valence-corrected chi connectivity index (χ3v) is 3.22. The van der Waals surface area contributed by atoms with Crippen molar-refractivity contribution in [1.82, 2.24) is 5.43 Å². The quantitative estimate of drug-likeness (QED) is 0.676. The van der Waals surface area contributed by atoms with Gasteiger partial charge in [-0.3, -0.25) is 4.79 Å². The molecule has 0 fully saturated rings. The molecule has 1 aromatic rings. The molecule has 20 heavy (non-hydrogen) atoms. The van der Waals surface area contributed by atoms with Gasteiger partial charge in [-0.25, -0.2) is 5.43 Å². The normalized spacial score (nSPS) is 12.2. The van der Waals surface area contributed by atoms with E-state index in [1.807, 2.05) is 27.7 Å². The van der Waals surface area contributed by atoms with Crippen molar-refractivity contribution in [3.05, 3.63) is 28.2 Å². The number of carbonyl (C=O) groups excluding carboxylic acids is 1. The largest absolute Gasteiger partial charge is 0.482 e. The predicted octanol–water partition coefficient (Wildman–Crippen LogP) is 3.91. The fraction of sp³-hybridized carbons (Fsp3) is 0.429. The molecule has 0 spiro atoms. The molecule has 1 aromatic carbocycles. The number of amides is 1. The number of hydrazone groups is 1. The Bertz CT molecular complexity index is 522. The summed E-state index contributed by atoms with van der Waals surface area (Å²) < 4.78 is 5.30. The Morgan fingerprint density at radius 3 is 2.55 bits per heavy atom. The van der Waals surface area contributed by atoms with Gasteiger partial charge in [-0.2, -0.15) is 5.10 Å². The third kappa shape index (κ3) is 5.39. The monoisotopic (exact) mass is 316 g/mol. The lowest BCUT2D eigenvalue weighted by Gasteiger charge is -2.17. The maximum absolute atomic E-state index is 11.6. The molecule has 0 radical (unpaired) electrons. The van der Waals surface area contributed by atoms with Crippen LogP contribution in [-0.4, -0.2) is 18.2 Å². The van der Waals surface area contributed by atoms with Gasteiger partial charge in [-0.1, -0.05) is 44.0 Å². The number of halogens is 2. The van der Waals surface area contributed by atoms with Crippen molar-refractivity contribution in [2.45, 2.75) is 27.7 Å². The van der Waals surface area contributed by atoms with E-state index in [-0.39, 0.29) is 17.9 Å². The van der Waals surface area contributed by atoms with Crippen LogP contribution in [0.4, 0.5) is 0 Å². The third-order valence-electron chi connectivity index (χ3n) is 2.69. The molecule has 1 rings (SSSR count). The molecule has 0 aliphatic heterocycles. The molecule has 0 saturated heterocycles. The summed E-state index contributed by atoms with van der Waals surface area (Å²) in [6, 6.07) is 4.81. The molecule has 0 aromatic heterocycles. The van der Waals surface area contributed by atoms with Crippen molar-refractivity contribution in [3.63, 3.8) is 0 Å². The van der Waals surface area contributed by atoms with Gasteiger partial charge in [0, 0.05) is 16.1 Å². The van der Waals surface area contributed by atoms with E-state index in [0.29, 0.717) is 15.8 Å². The lowest BCUT2D eigenvalue weighted by molar-refractivity contribution is -0.123. The van der Waals surface area contributed by atoms with Crippen LogP contribution in [0.15, 0.2) is 23.3 Å². The van der Waals surface area contributed by atoms with Gasteiger partial charge in [0.15, 0.2) is 6.61 Å². The van der Waals surface area contributed by atoms with Crippen LogP contribution in [0.3, 0.4) is 0 Å². The topological polar surface area (TPSA) is 50.7 Å². The van der Waals surface area contributed by atoms with Crippen LogP contribution in [0, 0.1) is 5.41 Å². The number of rotatable bonds is 4. The number of hydrogen-bond acceptors (Lipinski definition) is 3. The average molecular weight is 317 g/mol. The van der Waals surface area contributed by atoms with Crippen molar-refractivity contribution in [2.75, 3.05) is 6.61 Å². The SMILES string of the molecule is C/C(=N/NC(=O)COc1ccc(Cl)cc1Cl)C(C)(C)C. The molecule has 0 bridgehead atoms. The second-order valence-corrected chi connectivity index (χ2v) is 6.19. The first-order chi connectivity index (χ1) is 9.20.